The summed E-state index contributed by atoms with van der Waals surface area (Å²) in [6.07, 6.45) is 2.04. The van der Waals surface area contributed by atoms with Crippen molar-refractivity contribution < 1.29 is 17.1 Å². The topological polar surface area (TPSA) is 12.4 Å². The van der Waals surface area contributed by atoms with Crippen LogP contribution in [0.15, 0.2) is 53.5 Å². The minimum atomic E-state index is -1.18. The average Bonchev–Trinajstić information content (AvgIpc) is 3.01. The summed E-state index contributed by atoms with van der Waals surface area (Å²) in [6, 6.07) is 16.6. The van der Waals surface area contributed by atoms with Gasteiger partial charge in [-0.2, -0.15) is 41.1 Å². The van der Waals surface area contributed by atoms with E-state index < -0.39 is 8.07 Å². The van der Waals surface area contributed by atoms with Gasteiger partial charge in [0.2, 0.25) is 0 Å². The molecule has 0 spiro atoms. The van der Waals surface area contributed by atoms with Gasteiger partial charge >= 0.3 is 17.1 Å². The smallest absolute Gasteiger partial charge is 0.306 e. The van der Waals surface area contributed by atoms with Crippen molar-refractivity contribution in [2.45, 2.75) is 40.0 Å². The van der Waals surface area contributed by atoms with E-state index in [1.165, 1.54) is 5.56 Å². The van der Waals surface area contributed by atoms with Crippen molar-refractivity contribution in [1.29, 1.82) is 0 Å². The molecular formula is C18H27FeNSi. The molecule has 0 heterocycles. The van der Waals surface area contributed by atoms with E-state index in [9.17, 15) is 0 Å². The van der Waals surface area contributed by atoms with E-state index >= 15 is 0 Å². The van der Waals surface area contributed by atoms with Crippen LogP contribution in [0.4, 0.5) is 0 Å². The summed E-state index contributed by atoms with van der Waals surface area (Å²) in [7, 11) is -1.18. The SMILES string of the molecule is CC(C)C=NCc1cc[cH-]c1[Si](C)(C)C.[Fe+2].c1cc[cH-]c1. The quantitative estimate of drug-likeness (QED) is 0.438. The Labute approximate surface area is 141 Å². The minimum Gasteiger partial charge on any atom is -0.306 e. The molecule has 1 nitrogen and oxygen atoms in total. The fourth-order valence-electron chi connectivity index (χ4n) is 2.01. The molecule has 0 unspecified atom stereocenters. The van der Waals surface area contributed by atoms with Gasteiger partial charge in [-0.1, -0.05) is 33.5 Å². The monoisotopic (exact) mass is 341 g/mol. The molecule has 3 heteroatoms. The molecule has 0 atom stereocenters. The number of hydrogen-bond acceptors (Lipinski definition) is 1. The molecule has 0 saturated heterocycles. The molecule has 21 heavy (non-hydrogen) atoms. The van der Waals surface area contributed by atoms with Crippen LogP contribution in [0.2, 0.25) is 19.6 Å². The van der Waals surface area contributed by atoms with Gasteiger partial charge in [0.25, 0.3) is 0 Å². The molecule has 0 amide bonds. The Bertz CT molecular complexity index is 472. The number of rotatable bonds is 4. The fraction of sp³-hybridized carbons (Fsp3) is 0.389. The van der Waals surface area contributed by atoms with Crippen molar-refractivity contribution in [3.8, 4) is 0 Å². The van der Waals surface area contributed by atoms with Crippen molar-refractivity contribution >= 4 is 19.5 Å². The molecule has 0 aliphatic rings. The first-order valence-electron chi connectivity index (χ1n) is 7.33. The third-order valence-electron chi connectivity index (χ3n) is 2.94. The molecule has 2 aromatic carbocycles. The van der Waals surface area contributed by atoms with Crippen LogP contribution in [0.3, 0.4) is 0 Å². The van der Waals surface area contributed by atoms with Crippen molar-refractivity contribution in [3.63, 3.8) is 0 Å². The Hall–Kier alpha value is -0.894. The van der Waals surface area contributed by atoms with Crippen molar-refractivity contribution in [2.75, 3.05) is 0 Å². The van der Waals surface area contributed by atoms with Gasteiger partial charge in [0.05, 0.1) is 8.07 Å². The molecule has 0 N–H and O–H groups in total. The second kappa shape index (κ2) is 9.94. The van der Waals surface area contributed by atoms with Gasteiger partial charge in [-0.25, -0.2) is 18.2 Å². The molecule has 0 aliphatic carbocycles. The first-order chi connectivity index (χ1) is 9.41. The number of nitrogens with zero attached hydrogens (tertiary/aromatic N) is 1. The van der Waals surface area contributed by atoms with Gasteiger partial charge in [-0.3, -0.25) is 0 Å². The van der Waals surface area contributed by atoms with Crippen LogP contribution in [0, 0.1) is 5.92 Å². The summed E-state index contributed by atoms with van der Waals surface area (Å²) in [5, 5.41) is 1.56. The van der Waals surface area contributed by atoms with Crippen LogP contribution < -0.4 is 5.19 Å². The first-order valence-corrected chi connectivity index (χ1v) is 10.8. The van der Waals surface area contributed by atoms with Crippen LogP contribution in [0.5, 0.6) is 0 Å². The van der Waals surface area contributed by atoms with Gasteiger partial charge in [-0.05, 0) is 5.92 Å². The Morgan fingerprint density at radius 2 is 1.76 bits per heavy atom. The van der Waals surface area contributed by atoms with Crippen LogP contribution >= 0.6 is 0 Å². The zero-order valence-electron chi connectivity index (χ0n) is 13.8. The number of hydrogen-bond donors (Lipinski definition) is 0. The molecule has 2 rings (SSSR count). The summed E-state index contributed by atoms with van der Waals surface area (Å²) < 4.78 is 0. The Morgan fingerprint density at radius 3 is 2.19 bits per heavy atom. The second-order valence-electron chi connectivity index (χ2n) is 6.41. The summed E-state index contributed by atoms with van der Waals surface area (Å²) in [5.41, 5.74) is 1.42. The maximum absolute atomic E-state index is 4.48. The van der Waals surface area contributed by atoms with E-state index in [0.717, 1.165) is 6.54 Å². The second-order valence-corrected chi connectivity index (χ2v) is 11.4. The molecule has 0 aliphatic heterocycles. The standard InChI is InChI=1S/C13H22NSi.C5H5.Fe/c1-11(2)9-14-10-12-7-6-8-13(12)15(3,4)5;1-2-4-5-3-1;/h6-9,11H,10H2,1-5H3;1-5H;/q2*-1;+2. The molecule has 0 radical (unpaired) electrons. The molecule has 116 valence electrons. The van der Waals surface area contributed by atoms with E-state index in [1.807, 2.05) is 36.5 Å². The van der Waals surface area contributed by atoms with Crippen LogP contribution in [-0.4, -0.2) is 14.3 Å². The van der Waals surface area contributed by atoms with E-state index in [2.05, 4.69) is 56.7 Å². The minimum absolute atomic E-state index is 0. The van der Waals surface area contributed by atoms with Crippen molar-refractivity contribution in [1.82, 2.24) is 0 Å². The maximum atomic E-state index is 4.48. The third-order valence-corrected chi connectivity index (χ3v) is 5.04. The number of aliphatic imine (C=N–C) groups is 1. The summed E-state index contributed by atoms with van der Waals surface area (Å²) in [5.74, 6) is 0.551. The largest absolute Gasteiger partial charge is 2.00 e. The van der Waals surface area contributed by atoms with Crippen molar-refractivity contribution in [3.05, 3.63) is 54.1 Å². The molecule has 0 saturated carbocycles. The Balaban J connectivity index is 0.000000562. The predicted molar refractivity (Wildman–Crippen MR) is 94.1 cm³/mol. The van der Waals surface area contributed by atoms with Gasteiger partial charge in [0.15, 0.2) is 0 Å². The molecule has 0 aromatic heterocycles. The van der Waals surface area contributed by atoms with E-state index in [4.69, 9.17) is 0 Å². The Kier molecular flexibility index (Phi) is 9.51. The zero-order valence-corrected chi connectivity index (χ0v) is 15.9. The third kappa shape index (κ3) is 8.20. The fourth-order valence-corrected chi connectivity index (χ4v) is 3.73. The van der Waals surface area contributed by atoms with E-state index in [1.54, 1.807) is 5.19 Å². The van der Waals surface area contributed by atoms with Crippen LogP contribution in [0.25, 0.3) is 0 Å². The molecule has 2 aromatic rings. The summed E-state index contributed by atoms with van der Waals surface area (Å²) >= 11 is 0. The predicted octanol–water partition coefficient (Wildman–Crippen LogP) is 4.58. The van der Waals surface area contributed by atoms with E-state index in [-0.39, 0.29) is 17.1 Å². The van der Waals surface area contributed by atoms with Crippen LogP contribution in [0.1, 0.15) is 19.4 Å². The van der Waals surface area contributed by atoms with Gasteiger partial charge < -0.3 is 4.99 Å². The van der Waals surface area contributed by atoms with E-state index in [0.29, 0.717) is 5.92 Å². The average molecular weight is 341 g/mol. The summed E-state index contributed by atoms with van der Waals surface area (Å²) in [6.45, 7) is 12.3. The van der Waals surface area contributed by atoms with Gasteiger partial charge in [-0.15, -0.1) is 0 Å². The zero-order chi connectivity index (χ0) is 15.0. The molecular weight excluding hydrogens is 314 g/mol. The van der Waals surface area contributed by atoms with Gasteiger partial charge in [0.1, 0.15) is 0 Å². The summed E-state index contributed by atoms with van der Waals surface area (Å²) in [4.78, 5) is 4.48. The van der Waals surface area contributed by atoms with Crippen LogP contribution in [-0.2, 0) is 23.6 Å². The maximum Gasteiger partial charge on any atom is 2.00 e. The molecule has 0 fully saturated rings. The normalized spacial score (nSPS) is 11.1. The van der Waals surface area contributed by atoms with Gasteiger partial charge in [0, 0.05) is 12.8 Å². The first kappa shape index (κ1) is 20.1. The van der Waals surface area contributed by atoms with Crippen molar-refractivity contribution in [2.24, 2.45) is 10.9 Å². The Morgan fingerprint density at radius 1 is 1.14 bits per heavy atom. The molecule has 0 bridgehead atoms.